The second-order valence-electron chi connectivity index (χ2n) is 6.70. The van der Waals surface area contributed by atoms with Gasteiger partial charge in [0.15, 0.2) is 0 Å². The second-order valence-corrected chi connectivity index (χ2v) is 6.70. The van der Waals surface area contributed by atoms with Crippen molar-refractivity contribution in [2.45, 2.75) is 52.9 Å². The molecule has 1 aliphatic heterocycles. The lowest BCUT2D eigenvalue weighted by atomic mass is 10.0. The van der Waals surface area contributed by atoms with Crippen LogP contribution in [-0.2, 0) is 6.42 Å². The summed E-state index contributed by atoms with van der Waals surface area (Å²) in [4.78, 5) is 11.4. The standard InChI is InChI=1S/C22H29N3O/c1-4-6-7-9-17-14-18(24-16(17)3)11-12-20-22(26-5-2)15-21(25-20)19-10-8-13-23-19/h8,10-11,13-15,23,25H,4-7,9,12H2,1-3H3. The van der Waals surface area contributed by atoms with Crippen LogP contribution < -0.4 is 4.74 Å². The summed E-state index contributed by atoms with van der Waals surface area (Å²) in [6.07, 6.45) is 12.0. The number of H-pyrrole nitrogens is 2. The van der Waals surface area contributed by atoms with Crippen molar-refractivity contribution in [3.05, 3.63) is 53.5 Å². The monoisotopic (exact) mass is 351 g/mol. The van der Waals surface area contributed by atoms with E-state index < -0.39 is 0 Å². The molecule has 1 aliphatic rings. The lowest BCUT2D eigenvalue weighted by Gasteiger charge is -2.02. The number of allylic oxidation sites excluding steroid dienone is 3. The Morgan fingerprint density at radius 1 is 1.19 bits per heavy atom. The summed E-state index contributed by atoms with van der Waals surface area (Å²) in [7, 11) is 0. The number of rotatable bonds is 9. The minimum Gasteiger partial charge on any atom is -0.492 e. The molecular formula is C22H29N3O. The van der Waals surface area contributed by atoms with Gasteiger partial charge in [-0.05, 0) is 50.5 Å². The molecule has 0 atom stereocenters. The van der Waals surface area contributed by atoms with E-state index in [1.807, 2.05) is 19.2 Å². The van der Waals surface area contributed by atoms with Crippen LogP contribution >= 0.6 is 0 Å². The summed E-state index contributed by atoms with van der Waals surface area (Å²) < 4.78 is 5.81. The summed E-state index contributed by atoms with van der Waals surface area (Å²) >= 11 is 0. The number of nitrogens with zero attached hydrogens (tertiary/aromatic N) is 1. The molecule has 0 amide bonds. The molecule has 0 saturated carbocycles. The number of aliphatic imine (C=N–C) groups is 1. The fourth-order valence-electron chi connectivity index (χ4n) is 3.27. The van der Waals surface area contributed by atoms with E-state index >= 15 is 0 Å². The third-order valence-corrected chi connectivity index (χ3v) is 4.70. The average Bonchev–Trinajstić information content (AvgIpc) is 3.34. The van der Waals surface area contributed by atoms with Crippen molar-refractivity contribution in [3.8, 4) is 17.1 Å². The molecule has 0 fully saturated rings. The minimum atomic E-state index is 0.657. The van der Waals surface area contributed by atoms with Crippen molar-refractivity contribution in [3.63, 3.8) is 0 Å². The highest BCUT2D eigenvalue weighted by atomic mass is 16.5. The molecule has 0 spiro atoms. The van der Waals surface area contributed by atoms with Crippen molar-refractivity contribution in [1.29, 1.82) is 0 Å². The van der Waals surface area contributed by atoms with E-state index in [0.29, 0.717) is 6.61 Å². The van der Waals surface area contributed by atoms with Gasteiger partial charge in [0.1, 0.15) is 5.75 Å². The SMILES string of the molecule is CCCCCC1=CC(=CCc2[nH]c(-c3ccc[nH]3)cc2OCC)N=C1C. The summed E-state index contributed by atoms with van der Waals surface area (Å²) in [6, 6.07) is 6.12. The predicted octanol–water partition coefficient (Wildman–Crippen LogP) is 5.82. The maximum Gasteiger partial charge on any atom is 0.140 e. The largest absolute Gasteiger partial charge is 0.492 e. The van der Waals surface area contributed by atoms with Crippen LogP contribution in [0.1, 0.15) is 52.1 Å². The van der Waals surface area contributed by atoms with E-state index in [1.54, 1.807) is 0 Å². The van der Waals surface area contributed by atoms with Crippen LogP contribution in [0.5, 0.6) is 5.75 Å². The van der Waals surface area contributed by atoms with Crippen molar-refractivity contribution in [2.75, 3.05) is 6.61 Å². The first kappa shape index (κ1) is 18.3. The number of aromatic amines is 2. The molecule has 4 nitrogen and oxygen atoms in total. The molecule has 0 bridgehead atoms. The maximum absolute atomic E-state index is 5.81. The van der Waals surface area contributed by atoms with Crippen LogP contribution in [0, 0.1) is 0 Å². The number of hydrogen-bond acceptors (Lipinski definition) is 2. The maximum atomic E-state index is 5.81. The Kier molecular flexibility index (Phi) is 6.16. The first-order valence-corrected chi connectivity index (χ1v) is 9.66. The minimum absolute atomic E-state index is 0.657. The van der Waals surface area contributed by atoms with Crippen molar-refractivity contribution < 1.29 is 4.74 Å². The van der Waals surface area contributed by atoms with Gasteiger partial charge in [-0.2, -0.15) is 0 Å². The Balaban J connectivity index is 1.73. The highest BCUT2D eigenvalue weighted by Gasteiger charge is 2.13. The Morgan fingerprint density at radius 2 is 2.08 bits per heavy atom. The van der Waals surface area contributed by atoms with Crippen LogP contribution in [0.3, 0.4) is 0 Å². The first-order valence-electron chi connectivity index (χ1n) is 9.66. The van der Waals surface area contributed by atoms with Gasteiger partial charge in [0.05, 0.1) is 29.4 Å². The number of nitrogens with one attached hydrogen (secondary N) is 2. The Morgan fingerprint density at radius 3 is 2.81 bits per heavy atom. The van der Waals surface area contributed by atoms with Crippen LogP contribution in [0.4, 0.5) is 0 Å². The van der Waals surface area contributed by atoms with Gasteiger partial charge in [0.25, 0.3) is 0 Å². The Labute approximate surface area is 156 Å². The molecule has 0 aromatic carbocycles. The van der Waals surface area contributed by atoms with Gasteiger partial charge < -0.3 is 14.7 Å². The summed E-state index contributed by atoms with van der Waals surface area (Å²) in [5.74, 6) is 0.916. The zero-order chi connectivity index (χ0) is 18.4. The van der Waals surface area contributed by atoms with Gasteiger partial charge in [-0.15, -0.1) is 0 Å². The van der Waals surface area contributed by atoms with E-state index in [1.165, 1.54) is 24.8 Å². The van der Waals surface area contributed by atoms with E-state index in [-0.39, 0.29) is 0 Å². The van der Waals surface area contributed by atoms with Crippen LogP contribution in [0.2, 0.25) is 0 Å². The third-order valence-electron chi connectivity index (χ3n) is 4.70. The number of aromatic nitrogens is 2. The van der Waals surface area contributed by atoms with E-state index in [9.17, 15) is 0 Å². The molecule has 0 saturated heterocycles. The van der Waals surface area contributed by atoms with Gasteiger partial charge in [-0.25, -0.2) is 0 Å². The predicted molar refractivity (Wildman–Crippen MR) is 109 cm³/mol. The van der Waals surface area contributed by atoms with Gasteiger partial charge in [-0.3, -0.25) is 4.99 Å². The molecule has 0 radical (unpaired) electrons. The fraction of sp³-hybridized carbons (Fsp3) is 0.409. The zero-order valence-corrected chi connectivity index (χ0v) is 16.1. The Bertz CT molecular complexity index is 807. The Hall–Kier alpha value is -2.49. The number of ether oxygens (including phenoxy) is 1. The normalized spacial score (nSPS) is 15.4. The highest BCUT2D eigenvalue weighted by Crippen LogP contribution is 2.28. The molecule has 2 aromatic heterocycles. The molecule has 138 valence electrons. The molecule has 3 heterocycles. The van der Waals surface area contributed by atoms with Crippen molar-refractivity contribution in [2.24, 2.45) is 4.99 Å². The van der Waals surface area contributed by atoms with Gasteiger partial charge in [0, 0.05) is 24.4 Å². The van der Waals surface area contributed by atoms with Gasteiger partial charge in [-0.1, -0.05) is 25.8 Å². The number of unbranched alkanes of at least 4 members (excludes halogenated alkanes) is 2. The van der Waals surface area contributed by atoms with Crippen molar-refractivity contribution in [1.82, 2.24) is 9.97 Å². The topological polar surface area (TPSA) is 53.2 Å². The highest BCUT2D eigenvalue weighted by molar-refractivity contribution is 6.01. The molecule has 2 N–H and O–H groups in total. The molecule has 0 unspecified atom stereocenters. The molecular weight excluding hydrogens is 322 g/mol. The van der Waals surface area contributed by atoms with Crippen LogP contribution in [-0.4, -0.2) is 22.3 Å². The molecule has 0 aliphatic carbocycles. The van der Waals surface area contributed by atoms with E-state index in [0.717, 1.165) is 47.1 Å². The summed E-state index contributed by atoms with van der Waals surface area (Å²) in [5.41, 5.74) is 6.81. The van der Waals surface area contributed by atoms with Crippen LogP contribution in [0.15, 0.2) is 52.8 Å². The lowest BCUT2D eigenvalue weighted by Crippen LogP contribution is -1.94. The summed E-state index contributed by atoms with van der Waals surface area (Å²) in [5, 5.41) is 0. The first-order chi connectivity index (χ1) is 12.7. The molecule has 4 heteroatoms. The number of hydrogen-bond donors (Lipinski definition) is 2. The second kappa shape index (κ2) is 8.75. The smallest absolute Gasteiger partial charge is 0.140 e. The molecule has 26 heavy (non-hydrogen) atoms. The van der Waals surface area contributed by atoms with E-state index in [4.69, 9.17) is 9.73 Å². The fourth-order valence-corrected chi connectivity index (χ4v) is 3.27. The zero-order valence-electron chi connectivity index (χ0n) is 16.1. The third kappa shape index (κ3) is 4.37. The average molecular weight is 351 g/mol. The van der Waals surface area contributed by atoms with Gasteiger partial charge >= 0.3 is 0 Å². The van der Waals surface area contributed by atoms with E-state index in [2.05, 4.69) is 48.1 Å². The van der Waals surface area contributed by atoms with Crippen molar-refractivity contribution >= 4 is 5.71 Å². The van der Waals surface area contributed by atoms with Gasteiger partial charge in [0.2, 0.25) is 0 Å². The lowest BCUT2D eigenvalue weighted by molar-refractivity contribution is 0.337. The summed E-state index contributed by atoms with van der Waals surface area (Å²) in [6.45, 7) is 7.02. The quantitative estimate of drug-likeness (QED) is 0.550. The molecule has 3 rings (SSSR count). The van der Waals surface area contributed by atoms with Crippen LogP contribution in [0.25, 0.3) is 11.4 Å². The molecule has 2 aromatic rings.